The van der Waals surface area contributed by atoms with Gasteiger partial charge in [-0.2, -0.15) is 0 Å². The van der Waals surface area contributed by atoms with E-state index in [2.05, 4.69) is 37.4 Å². The molecular formula is C18H22ClNO. The molecule has 0 saturated carbocycles. The van der Waals surface area contributed by atoms with Crippen molar-refractivity contribution in [2.75, 3.05) is 7.11 Å². The van der Waals surface area contributed by atoms with Gasteiger partial charge in [-0.15, -0.1) is 0 Å². The molecule has 0 aliphatic heterocycles. The maximum atomic E-state index is 6.31. The Morgan fingerprint density at radius 1 is 1.14 bits per heavy atom. The summed E-state index contributed by atoms with van der Waals surface area (Å²) in [4.78, 5) is 0. The Labute approximate surface area is 132 Å². The zero-order chi connectivity index (χ0) is 15.2. The highest BCUT2D eigenvalue weighted by atomic mass is 35.5. The minimum Gasteiger partial charge on any atom is -0.497 e. The van der Waals surface area contributed by atoms with Crippen molar-refractivity contribution < 1.29 is 4.74 Å². The lowest BCUT2D eigenvalue weighted by atomic mass is 10.0. The lowest BCUT2D eigenvalue weighted by Crippen LogP contribution is -2.24. The number of halogens is 1. The molecule has 112 valence electrons. The number of benzene rings is 2. The molecular weight excluding hydrogens is 282 g/mol. The average Bonchev–Trinajstić information content (AvgIpc) is 2.53. The predicted molar refractivity (Wildman–Crippen MR) is 89.0 cm³/mol. The van der Waals surface area contributed by atoms with Gasteiger partial charge in [0, 0.05) is 17.1 Å². The first-order valence-corrected chi connectivity index (χ1v) is 7.68. The highest BCUT2D eigenvalue weighted by Crippen LogP contribution is 2.28. The topological polar surface area (TPSA) is 21.3 Å². The highest BCUT2D eigenvalue weighted by molar-refractivity contribution is 6.31. The van der Waals surface area contributed by atoms with Gasteiger partial charge >= 0.3 is 0 Å². The van der Waals surface area contributed by atoms with Gasteiger partial charge < -0.3 is 10.1 Å². The van der Waals surface area contributed by atoms with Crippen LogP contribution in [0.15, 0.2) is 48.5 Å². The van der Waals surface area contributed by atoms with Gasteiger partial charge in [0.2, 0.25) is 0 Å². The molecule has 1 N–H and O–H groups in total. The summed E-state index contributed by atoms with van der Waals surface area (Å²) in [6.07, 6.45) is 0.984. The third kappa shape index (κ3) is 3.99. The SMILES string of the molecule is CCC(NC(C)c1cccc(OC)c1)c1ccccc1Cl. The van der Waals surface area contributed by atoms with E-state index in [1.54, 1.807) is 7.11 Å². The third-order valence-corrected chi connectivity index (χ3v) is 4.08. The minimum absolute atomic E-state index is 0.223. The summed E-state index contributed by atoms with van der Waals surface area (Å²) in [6.45, 7) is 4.33. The van der Waals surface area contributed by atoms with Crippen molar-refractivity contribution in [1.82, 2.24) is 5.32 Å². The van der Waals surface area contributed by atoms with Gasteiger partial charge in [0.1, 0.15) is 5.75 Å². The molecule has 2 unspecified atom stereocenters. The third-order valence-electron chi connectivity index (χ3n) is 3.73. The average molecular weight is 304 g/mol. The zero-order valence-corrected chi connectivity index (χ0v) is 13.5. The quantitative estimate of drug-likeness (QED) is 0.796. The van der Waals surface area contributed by atoms with Crippen molar-refractivity contribution in [1.29, 1.82) is 0 Å². The first-order valence-electron chi connectivity index (χ1n) is 7.30. The number of hydrogen-bond donors (Lipinski definition) is 1. The molecule has 0 aromatic heterocycles. The Balaban J connectivity index is 2.16. The molecule has 0 aliphatic carbocycles. The van der Waals surface area contributed by atoms with E-state index in [0.29, 0.717) is 0 Å². The summed E-state index contributed by atoms with van der Waals surface area (Å²) < 4.78 is 5.29. The number of nitrogens with one attached hydrogen (secondary N) is 1. The molecule has 0 bridgehead atoms. The van der Waals surface area contributed by atoms with Crippen LogP contribution in [0.3, 0.4) is 0 Å². The van der Waals surface area contributed by atoms with Crippen LogP contribution in [0.5, 0.6) is 5.75 Å². The molecule has 2 atom stereocenters. The number of ether oxygens (including phenoxy) is 1. The van der Waals surface area contributed by atoms with Crippen molar-refractivity contribution >= 4 is 11.6 Å². The molecule has 2 aromatic rings. The Kier molecular flexibility index (Phi) is 5.66. The van der Waals surface area contributed by atoms with Gasteiger partial charge in [-0.1, -0.05) is 48.9 Å². The lowest BCUT2D eigenvalue weighted by Gasteiger charge is -2.24. The van der Waals surface area contributed by atoms with Crippen LogP contribution in [0.4, 0.5) is 0 Å². The molecule has 2 rings (SSSR count). The summed E-state index contributed by atoms with van der Waals surface area (Å²) >= 11 is 6.31. The van der Waals surface area contributed by atoms with E-state index in [-0.39, 0.29) is 12.1 Å². The maximum absolute atomic E-state index is 6.31. The second-order valence-electron chi connectivity index (χ2n) is 5.15. The summed E-state index contributed by atoms with van der Waals surface area (Å²) in [7, 11) is 1.69. The van der Waals surface area contributed by atoms with Gasteiger partial charge in [0.15, 0.2) is 0 Å². The molecule has 0 heterocycles. The van der Waals surface area contributed by atoms with Crippen LogP contribution in [-0.4, -0.2) is 7.11 Å². The minimum atomic E-state index is 0.223. The van der Waals surface area contributed by atoms with Crippen LogP contribution in [-0.2, 0) is 0 Å². The van der Waals surface area contributed by atoms with E-state index in [1.807, 2.05) is 30.3 Å². The summed E-state index contributed by atoms with van der Waals surface area (Å²) in [5.74, 6) is 0.881. The molecule has 0 radical (unpaired) electrons. The monoisotopic (exact) mass is 303 g/mol. The van der Waals surface area contributed by atoms with Crippen molar-refractivity contribution in [3.05, 3.63) is 64.7 Å². The Hall–Kier alpha value is -1.51. The Bertz CT molecular complexity index is 585. The number of hydrogen-bond acceptors (Lipinski definition) is 2. The summed E-state index contributed by atoms with van der Waals surface area (Å²) in [5.41, 5.74) is 2.36. The van der Waals surface area contributed by atoms with Crippen molar-refractivity contribution in [2.24, 2.45) is 0 Å². The molecule has 0 amide bonds. The number of rotatable bonds is 6. The fourth-order valence-corrected chi connectivity index (χ4v) is 2.76. The van der Waals surface area contributed by atoms with Crippen molar-refractivity contribution in [3.63, 3.8) is 0 Å². The molecule has 0 fully saturated rings. The molecule has 2 aromatic carbocycles. The molecule has 0 spiro atoms. The second kappa shape index (κ2) is 7.48. The van der Waals surface area contributed by atoms with E-state index in [9.17, 15) is 0 Å². The van der Waals surface area contributed by atoms with Gasteiger partial charge in [-0.25, -0.2) is 0 Å². The zero-order valence-electron chi connectivity index (χ0n) is 12.8. The van der Waals surface area contributed by atoms with Crippen LogP contribution in [0.1, 0.15) is 43.5 Å². The fourth-order valence-electron chi connectivity index (χ4n) is 2.49. The molecule has 2 nitrogen and oxygen atoms in total. The van der Waals surface area contributed by atoms with E-state index in [4.69, 9.17) is 16.3 Å². The van der Waals surface area contributed by atoms with E-state index in [0.717, 1.165) is 22.8 Å². The van der Waals surface area contributed by atoms with Crippen LogP contribution in [0.2, 0.25) is 5.02 Å². The second-order valence-corrected chi connectivity index (χ2v) is 5.55. The van der Waals surface area contributed by atoms with Crippen LogP contribution in [0, 0.1) is 0 Å². The summed E-state index contributed by atoms with van der Waals surface area (Å²) in [5, 5.41) is 4.47. The largest absolute Gasteiger partial charge is 0.497 e. The van der Waals surface area contributed by atoms with E-state index in [1.165, 1.54) is 5.56 Å². The van der Waals surface area contributed by atoms with E-state index < -0.39 is 0 Å². The molecule has 0 aliphatic rings. The van der Waals surface area contributed by atoms with Gasteiger partial charge in [-0.3, -0.25) is 0 Å². The normalized spacial score (nSPS) is 13.7. The van der Waals surface area contributed by atoms with Gasteiger partial charge in [-0.05, 0) is 42.7 Å². The molecule has 3 heteroatoms. The van der Waals surface area contributed by atoms with Crippen molar-refractivity contribution in [2.45, 2.75) is 32.4 Å². The van der Waals surface area contributed by atoms with Crippen LogP contribution < -0.4 is 10.1 Å². The van der Waals surface area contributed by atoms with Gasteiger partial charge in [0.25, 0.3) is 0 Å². The predicted octanol–water partition coefficient (Wildman–Crippen LogP) is 5.15. The highest BCUT2D eigenvalue weighted by Gasteiger charge is 2.16. The number of methoxy groups -OCH3 is 1. The van der Waals surface area contributed by atoms with Crippen LogP contribution >= 0.6 is 11.6 Å². The first kappa shape index (κ1) is 15.9. The standard InChI is InChI=1S/C18H22ClNO/c1-4-18(16-10-5-6-11-17(16)19)20-13(2)14-8-7-9-15(12-14)21-3/h5-13,18,20H,4H2,1-3H3. The lowest BCUT2D eigenvalue weighted by molar-refractivity contribution is 0.411. The van der Waals surface area contributed by atoms with Crippen LogP contribution in [0.25, 0.3) is 0 Å². The fraction of sp³-hybridized carbons (Fsp3) is 0.333. The molecule has 21 heavy (non-hydrogen) atoms. The Morgan fingerprint density at radius 2 is 1.90 bits per heavy atom. The Morgan fingerprint density at radius 3 is 2.57 bits per heavy atom. The smallest absolute Gasteiger partial charge is 0.119 e. The van der Waals surface area contributed by atoms with Gasteiger partial charge in [0.05, 0.1) is 7.11 Å². The first-order chi connectivity index (χ1) is 10.2. The van der Waals surface area contributed by atoms with E-state index >= 15 is 0 Å². The molecule has 0 saturated heterocycles. The van der Waals surface area contributed by atoms with Crippen molar-refractivity contribution in [3.8, 4) is 5.75 Å². The maximum Gasteiger partial charge on any atom is 0.119 e. The summed E-state index contributed by atoms with van der Waals surface area (Å²) in [6, 6.07) is 16.6.